The minimum atomic E-state index is -0.291. The van der Waals surface area contributed by atoms with E-state index in [0.29, 0.717) is 11.4 Å². The van der Waals surface area contributed by atoms with Gasteiger partial charge in [0.15, 0.2) is 0 Å². The second kappa shape index (κ2) is 5.65. The van der Waals surface area contributed by atoms with Gasteiger partial charge in [-0.1, -0.05) is 30.4 Å². The molecule has 0 aliphatic carbocycles. The van der Waals surface area contributed by atoms with Gasteiger partial charge in [0.2, 0.25) is 5.91 Å². The fourth-order valence-electron chi connectivity index (χ4n) is 2.49. The van der Waals surface area contributed by atoms with Gasteiger partial charge in [-0.15, -0.1) is 0 Å². The number of carbonyl (C=O) groups excluding carboxylic acids is 1. The number of pyridine rings is 1. The standard InChI is InChI=1S/C15H16N4OS/c16-13(21)10-8-9-4-1-2-5-11(9)18-14(10)19-12-6-3-7-17-15(12)20/h1-2,4-5,8,12H,3,6-7H2,(H2,16,21)(H,17,20)(H,18,19). The number of aromatic nitrogens is 1. The van der Waals surface area contributed by atoms with Crippen LogP contribution >= 0.6 is 12.2 Å². The zero-order chi connectivity index (χ0) is 14.8. The van der Waals surface area contributed by atoms with E-state index in [1.54, 1.807) is 0 Å². The zero-order valence-corrected chi connectivity index (χ0v) is 12.2. The molecule has 1 amide bonds. The van der Waals surface area contributed by atoms with Gasteiger partial charge in [-0.2, -0.15) is 0 Å². The van der Waals surface area contributed by atoms with E-state index in [9.17, 15) is 4.79 Å². The van der Waals surface area contributed by atoms with Crippen molar-refractivity contribution >= 4 is 39.8 Å². The van der Waals surface area contributed by atoms with Crippen molar-refractivity contribution in [2.45, 2.75) is 18.9 Å². The Morgan fingerprint density at radius 3 is 3.00 bits per heavy atom. The van der Waals surface area contributed by atoms with E-state index in [1.807, 2.05) is 30.3 Å². The van der Waals surface area contributed by atoms with Gasteiger partial charge in [-0.05, 0) is 25.0 Å². The average Bonchev–Trinajstić information content (AvgIpc) is 2.48. The van der Waals surface area contributed by atoms with Crippen LogP contribution in [0.3, 0.4) is 0 Å². The predicted molar refractivity (Wildman–Crippen MR) is 87.3 cm³/mol. The van der Waals surface area contributed by atoms with Gasteiger partial charge >= 0.3 is 0 Å². The molecular weight excluding hydrogens is 284 g/mol. The third-order valence-corrected chi connectivity index (χ3v) is 3.81. The highest BCUT2D eigenvalue weighted by atomic mass is 32.1. The Morgan fingerprint density at radius 1 is 1.43 bits per heavy atom. The number of thiocarbonyl (C=S) groups is 1. The second-order valence-electron chi connectivity index (χ2n) is 5.07. The summed E-state index contributed by atoms with van der Waals surface area (Å²) >= 11 is 5.11. The number of nitrogens with one attached hydrogen (secondary N) is 2. The van der Waals surface area contributed by atoms with Gasteiger partial charge in [0.05, 0.1) is 11.1 Å². The monoisotopic (exact) mass is 300 g/mol. The van der Waals surface area contributed by atoms with Crippen LogP contribution in [0, 0.1) is 0 Å². The van der Waals surface area contributed by atoms with E-state index < -0.39 is 0 Å². The highest BCUT2D eigenvalue weighted by molar-refractivity contribution is 7.80. The summed E-state index contributed by atoms with van der Waals surface area (Å²) in [4.78, 5) is 16.7. The Morgan fingerprint density at radius 2 is 2.24 bits per heavy atom. The van der Waals surface area contributed by atoms with Crippen molar-refractivity contribution in [1.29, 1.82) is 0 Å². The summed E-state index contributed by atoms with van der Waals surface area (Å²) in [6.45, 7) is 0.727. The van der Waals surface area contributed by atoms with Crippen LogP contribution in [0.25, 0.3) is 10.9 Å². The molecule has 0 radical (unpaired) electrons. The molecule has 0 bridgehead atoms. The molecule has 0 spiro atoms. The Bertz CT molecular complexity index is 716. The molecule has 5 nitrogen and oxygen atoms in total. The van der Waals surface area contributed by atoms with Crippen LogP contribution in [0.5, 0.6) is 0 Å². The fourth-order valence-corrected chi connectivity index (χ4v) is 2.64. The number of rotatable bonds is 3. The second-order valence-corrected chi connectivity index (χ2v) is 5.51. The van der Waals surface area contributed by atoms with Crippen molar-refractivity contribution in [3.8, 4) is 0 Å². The zero-order valence-electron chi connectivity index (χ0n) is 11.4. The van der Waals surface area contributed by atoms with Crippen molar-refractivity contribution in [3.63, 3.8) is 0 Å². The van der Waals surface area contributed by atoms with Crippen molar-refractivity contribution in [2.75, 3.05) is 11.9 Å². The van der Waals surface area contributed by atoms with Crippen LogP contribution < -0.4 is 16.4 Å². The first-order valence-corrected chi connectivity index (χ1v) is 7.30. The van der Waals surface area contributed by atoms with Gasteiger partial charge in [0.1, 0.15) is 16.8 Å². The number of anilines is 1. The lowest BCUT2D eigenvalue weighted by Gasteiger charge is -2.24. The number of nitrogens with two attached hydrogens (primary N) is 1. The first-order valence-electron chi connectivity index (χ1n) is 6.89. The third kappa shape index (κ3) is 2.80. The Balaban J connectivity index is 2.01. The lowest BCUT2D eigenvalue weighted by molar-refractivity contribution is -0.123. The number of hydrogen-bond donors (Lipinski definition) is 3. The van der Waals surface area contributed by atoms with Gasteiger partial charge in [-0.3, -0.25) is 4.79 Å². The van der Waals surface area contributed by atoms with Crippen molar-refractivity contribution in [3.05, 3.63) is 35.9 Å². The smallest absolute Gasteiger partial charge is 0.242 e. The number of nitrogens with zero attached hydrogens (tertiary/aromatic N) is 1. The maximum absolute atomic E-state index is 11.9. The highest BCUT2D eigenvalue weighted by Gasteiger charge is 2.23. The molecule has 108 valence electrons. The molecule has 2 heterocycles. The van der Waals surface area contributed by atoms with Gasteiger partial charge in [0.25, 0.3) is 0 Å². The summed E-state index contributed by atoms with van der Waals surface area (Å²) in [7, 11) is 0. The topological polar surface area (TPSA) is 80.0 Å². The quantitative estimate of drug-likeness (QED) is 0.750. The minimum Gasteiger partial charge on any atom is -0.389 e. The van der Waals surface area contributed by atoms with Gasteiger partial charge in [0, 0.05) is 11.9 Å². The molecule has 1 atom stereocenters. The van der Waals surface area contributed by atoms with Crippen LogP contribution in [0.15, 0.2) is 30.3 Å². The minimum absolute atomic E-state index is 0.00917. The highest BCUT2D eigenvalue weighted by Crippen LogP contribution is 2.22. The third-order valence-electron chi connectivity index (χ3n) is 3.59. The molecule has 2 aromatic rings. The maximum atomic E-state index is 11.9. The molecule has 0 saturated carbocycles. The molecule has 1 saturated heterocycles. The molecule has 21 heavy (non-hydrogen) atoms. The van der Waals surface area contributed by atoms with Crippen LogP contribution in [0.2, 0.25) is 0 Å². The van der Waals surface area contributed by atoms with Gasteiger partial charge < -0.3 is 16.4 Å². The molecule has 4 N–H and O–H groups in total. The van der Waals surface area contributed by atoms with Crippen molar-refractivity contribution in [1.82, 2.24) is 10.3 Å². The lowest BCUT2D eigenvalue weighted by Crippen LogP contribution is -2.44. The number of amides is 1. The molecule has 1 fully saturated rings. The molecule has 1 aromatic carbocycles. The van der Waals surface area contributed by atoms with E-state index in [0.717, 1.165) is 30.3 Å². The molecule has 1 aliphatic rings. The van der Waals surface area contributed by atoms with E-state index in [1.165, 1.54) is 0 Å². The number of carbonyl (C=O) groups is 1. The number of fused-ring (bicyclic) bond motifs is 1. The van der Waals surface area contributed by atoms with Gasteiger partial charge in [-0.25, -0.2) is 4.98 Å². The average molecular weight is 300 g/mol. The number of para-hydroxylation sites is 1. The summed E-state index contributed by atoms with van der Waals surface area (Å²) in [5.41, 5.74) is 7.31. The maximum Gasteiger partial charge on any atom is 0.242 e. The summed E-state index contributed by atoms with van der Waals surface area (Å²) in [6.07, 6.45) is 1.72. The van der Waals surface area contributed by atoms with Crippen LogP contribution in [0.4, 0.5) is 5.82 Å². The lowest BCUT2D eigenvalue weighted by atomic mass is 10.1. The molecular formula is C15H16N4OS. The first kappa shape index (κ1) is 13.8. The number of hydrogen-bond acceptors (Lipinski definition) is 4. The first-order chi connectivity index (χ1) is 10.1. The van der Waals surface area contributed by atoms with E-state index in [4.69, 9.17) is 18.0 Å². The van der Waals surface area contributed by atoms with Crippen LogP contribution in [-0.2, 0) is 4.79 Å². The molecule has 1 aromatic heterocycles. The van der Waals surface area contributed by atoms with Crippen LogP contribution in [0.1, 0.15) is 18.4 Å². The summed E-state index contributed by atoms with van der Waals surface area (Å²) < 4.78 is 0. The van der Waals surface area contributed by atoms with Crippen molar-refractivity contribution in [2.24, 2.45) is 5.73 Å². The fraction of sp³-hybridized carbons (Fsp3) is 0.267. The molecule has 3 rings (SSSR count). The Hall–Kier alpha value is -2.21. The summed E-state index contributed by atoms with van der Waals surface area (Å²) in [5.74, 6) is 0.563. The molecule has 6 heteroatoms. The molecule has 1 aliphatic heterocycles. The summed E-state index contributed by atoms with van der Waals surface area (Å²) in [6, 6.07) is 9.36. The Labute approximate surface area is 127 Å². The molecule has 1 unspecified atom stereocenters. The summed E-state index contributed by atoms with van der Waals surface area (Å²) in [5, 5.41) is 7.00. The normalized spacial score (nSPS) is 18.3. The predicted octanol–water partition coefficient (Wildman–Crippen LogP) is 1.56. The number of benzene rings is 1. The Kier molecular flexibility index (Phi) is 3.70. The van der Waals surface area contributed by atoms with E-state index in [-0.39, 0.29) is 16.9 Å². The van der Waals surface area contributed by atoms with Crippen LogP contribution in [-0.4, -0.2) is 28.5 Å². The van der Waals surface area contributed by atoms with E-state index in [2.05, 4.69) is 15.6 Å². The SMILES string of the molecule is NC(=S)c1cc2ccccc2nc1NC1CCCNC1=O. The largest absolute Gasteiger partial charge is 0.389 e. The number of piperidine rings is 1. The van der Waals surface area contributed by atoms with E-state index >= 15 is 0 Å². The van der Waals surface area contributed by atoms with Crippen molar-refractivity contribution < 1.29 is 4.79 Å².